The van der Waals surface area contributed by atoms with Crippen molar-refractivity contribution >= 4 is 15.9 Å². The number of amides is 1. The molecule has 2 heterocycles. The fourth-order valence-corrected chi connectivity index (χ4v) is 4.86. The molecule has 0 saturated carbocycles. The van der Waals surface area contributed by atoms with Crippen LogP contribution in [0.5, 0.6) is 0 Å². The number of ether oxygens (including phenoxy) is 1. The molecule has 1 aromatic carbocycles. The third kappa shape index (κ3) is 5.28. The summed E-state index contributed by atoms with van der Waals surface area (Å²) in [5.41, 5.74) is 0.411. The molecule has 0 unspecified atom stereocenters. The summed E-state index contributed by atoms with van der Waals surface area (Å²) in [5, 5.41) is 0. The van der Waals surface area contributed by atoms with E-state index < -0.39 is 10.0 Å². The first-order valence-corrected chi connectivity index (χ1v) is 11.1. The molecular formula is C19H29N3O4S. The smallest absolute Gasteiger partial charge is 0.253 e. The van der Waals surface area contributed by atoms with E-state index in [4.69, 9.17) is 4.74 Å². The van der Waals surface area contributed by atoms with Crippen molar-refractivity contribution in [2.24, 2.45) is 0 Å². The minimum atomic E-state index is -3.61. The highest BCUT2D eigenvalue weighted by molar-refractivity contribution is 7.89. The van der Waals surface area contributed by atoms with Gasteiger partial charge in [0, 0.05) is 50.9 Å². The van der Waals surface area contributed by atoms with Gasteiger partial charge in [0.15, 0.2) is 0 Å². The molecule has 1 amide bonds. The second kappa shape index (κ2) is 8.68. The number of nitrogens with zero attached hydrogens (tertiary/aromatic N) is 2. The Hall–Kier alpha value is -1.48. The average molecular weight is 396 g/mol. The minimum Gasteiger partial charge on any atom is -0.377 e. The summed E-state index contributed by atoms with van der Waals surface area (Å²) in [5.74, 6) is -0.117. The van der Waals surface area contributed by atoms with E-state index in [2.05, 4.69) is 9.62 Å². The van der Waals surface area contributed by atoms with Crippen molar-refractivity contribution in [3.05, 3.63) is 29.8 Å². The molecule has 150 valence electrons. The number of benzene rings is 1. The summed E-state index contributed by atoms with van der Waals surface area (Å²) in [6, 6.07) is 6.07. The van der Waals surface area contributed by atoms with Gasteiger partial charge < -0.3 is 9.64 Å². The van der Waals surface area contributed by atoms with Crippen molar-refractivity contribution in [1.29, 1.82) is 0 Å². The molecule has 0 bridgehead atoms. The highest BCUT2D eigenvalue weighted by Gasteiger charge is 2.26. The van der Waals surface area contributed by atoms with Crippen molar-refractivity contribution in [2.75, 3.05) is 39.3 Å². The van der Waals surface area contributed by atoms with Crippen molar-refractivity contribution < 1.29 is 17.9 Å². The lowest BCUT2D eigenvalue weighted by Gasteiger charge is -2.35. The second-order valence-corrected chi connectivity index (χ2v) is 9.25. The number of sulfonamides is 1. The Morgan fingerprint density at radius 1 is 1.26 bits per heavy atom. The van der Waals surface area contributed by atoms with Crippen LogP contribution in [0.1, 0.15) is 37.0 Å². The molecule has 7 nitrogen and oxygen atoms in total. The van der Waals surface area contributed by atoms with Crippen LogP contribution in [0.15, 0.2) is 29.2 Å². The van der Waals surface area contributed by atoms with Crippen LogP contribution in [0.25, 0.3) is 0 Å². The number of rotatable bonds is 6. The lowest BCUT2D eigenvalue weighted by atomic mass is 10.1. The maximum Gasteiger partial charge on any atom is 0.253 e. The van der Waals surface area contributed by atoms with Crippen LogP contribution >= 0.6 is 0 Å². The molecule has 3 rings (SSSR count). The summed E-state index contributed by atoms with van der Waals surface area (Å²) in [6.45, 7) is 8.24. The van der Waals surface area contributed by atoms with E-state index in [1.54, 1.807) is 30.9 Å². The van der Waals surface area contributed by atoms with Crippen molar-refractivity contribution in [2.45, 2.75) is 43.7 Å². The average Bonchev–Trinajstić information content (AvgIpc) is 3.14. The number of hydrogen-bond acceptors (Lipinski definition) is 5. The lowest BCUT2D eigenvalue weighted by Crippen LogP contribution is -2.50. The van der Waals surface area contributed by atoms with Crippen molar-refractivity contribution in [3.63, 3.8) is 0 Å². The molecule has 2 saturated heterocycles. The Bertz CT molecular complexity index is 752. The van der Waals surface area contributed by atoms with Crippen LogP contribution in [0, 0.1) is 0 Å². The van der Waals surface area contributed by atoms with Gasteiger partial charge in [-0.25, -0.2) is 13.1 Å². The van der Waals surface area contributed by atoms with Crippen LogP contribution in [0.2, 0.25) is 0 Å². The van der Waals surface area contributed by atoms with E-state index in [0.717, 1.165) is 39.1 Å². The van der Waals surface area contributed by atoms with Gasteiger partial charge in [0.25, 0.3) is 5.91 Å². The third-order valence-corrected chi connectivity index (χ3v) is 6.58. The monoisotopic (exact) mass is 395 g/mol. The summed E-state index contributed by atoms with van der Waals surface area (Å²) in [6.07, 6.45) is 2.57. The second-order valence-electron chi connectivity index (χ2n) is 7.53. The summed E-state index contributed by atoms with van der Waals surface area (Å²) >= 11 is 0. The quantitative estimate of drug-likeness (QED) is 0.786. The van der Waals surface area contributed by atoms with Gasteiger partial charge in [-0.1, -0.05) is 6.07 Å². The molecule has 1 atom stereocenters. The first-order chi connectivity index (χ1) is 12.8. The van der Waals surface area contributed by atoms with Gasteiger partial charge in [0.2, 0.25) is 10.0 Å². The molecule has 0 aromatic heterocycles. The van der Waals surface area contributed by atoms with Gasteiger partial charge in [-0.3, -0.25) is 9.69 Å². The number of piperazine rings is 1. The number of nitrogens with one attached hydrogen (secondary N) is 1. The zero-order valence-corrected chi connectivity index (χ0v) is 16.9. The summed E-state index contributed by atoms with van der Waals surface area (Å²) < 4.78 is 32.9. The first kappa shape index (κ1) is 20.3. The van der Waals surface area contributed by atoms with E-state index in [9.17, 15) is 13.2 Å². The molecular weight excluding hydrogens is 366 g/mol. The van der Waals surface area contributed by atoms with Crippen molar-refractivity contribution in [1.82, 2.24) is 14.5 Å². The van der Waals surface area contributed by atoms with Crippen LogP contribution < -0.4 is 4.72 Å². The number of carbonyl (C=O) groups excluding carboxylic acids is 1. The highest BCUT2D eigenvalue weighted by atomic mass is 32.2. The molecule has 27 heavy (non-hydrogen) atoms. The predicted molar refractivity (Wildman–Crippen MR) is 103 cm³/mol. The van der Waals surface area contributed by atoms with Crippen LogP contribution in [0.4, 0.5) is 0 Å². The van der Waals surface area contributed by atoms with Gasteiger partial charge >= 0.3 is 0 Å². The Balaban J connectivity index is 1.60. The van der Waals surface area contributed by atoms with E-state index >= 15 is 0 Å². The summed E-state index contributed by atoms with van der Waals surface area (Å²) in [7, 11) is -3.61. The Morgan fingerprint density at radius 3 is 2.63 bits per heavy atom. The molecule has 8 heteroatoms. The topological polar surface area (TPSA) is 79.0 Å². The third-order valence-electron chi connectivity index (χ3n) is 4.93. The normalized spacial score (nSPS) is 21.7. The van der Waals surface area contributed by atoms with Gasteiger partial charge in [0.05, 0.1) is 11.0 Å². The molecule has 0 radical (unpaired) electrons. The molecule has 0 spiro atoms. The van der Waals surface area contributed by atoms with E-state index in [1.807, 2.05) is 0 Å². The van der Waals surface area contributed by atoms with Gasteiger partial charge in [0.1, 0.15) is 0 Å². The predicted octanol–water partition coefficient (Wildman–Crippen LogP) is 1.31. The molecule has 2 aliphatic heterocycles. The van der Waals surface area contributed by atoms with Crippen LogP contribution in [0.3, 0.4) is 0 Å². The zero-order chi connectivity index (χ0) is 19.4. The molecule has 0 aliphatic carbocycles. The molecule has 1 N–H and O–H groups in total. The fraction of sp³-hybridized carbons (Fsp3) is 0.632. The van der Waals surface area contributed by atoms with Crippen LogP contribution in [-0.2, 0) is 14.8 Å². The highest BCUT2D eigenvalue weighted by Crippen LogP contribution is 2.17. The van der Waals surface area contributed by atoms with E-state index in [0.29, 0.717) is 24.8 Å². The van der Waals surface area contributed by atoms with Gasteiger partial charge in [-0.15, -0.1) is 0 Å². The number of hydrogen-bond donors (Lipinski definition) is 1. The number of carbonyl (C=O) groups is 1. The zero-order valence-electron chi connectivity index (χ0n) is 16.1. The van der Waals surface area contributed by atoms with Gasteiger partial charge in [-0.05, 0) is 44.9 Å². The molecule has 1 aromatic rings. The molecule has 2 fully saturated rings. The maximum absolute atomic E-state index is 12.8. The Kier molecular flexibility index (Phi) is 6.52. The largest absolute Gasteiger partial charge is 0.377 e. The molecule has 2 aliphatic rings. The first-order valence-electron chi connectivity index (χ1n) is 9.61. The van der Waals surface area contributed by atoms with E-state index in [-0.39, 0.29) is 16.8 Å². The minimum absolute atomic E-state index is 0.117. The SMILES string of the molecule is CC(C)NS(=O)(=O)c1cccc(C(=O)N2CCN(C[C@H]3CCCO3)CC2)c1. The van der Waals surface area contributed by atoms with Crippen LogP contribution in [-0.4, -0.2) is 75.6 Å². The lowest BCUT2D eigenvalue weighted by molar-refractivity contribution is 0.0432. The Morgan fingerprint density at radius 2 is 2.00 bits per heavy atom. The maximum atomic E-state index is 12.8. The van der Waals surface area contributed by atoms with Crippen molar-refractivity contribution in [3.8, 4) is 0 Å². The van der Waals surface area contributed by atoms with E-state index in [1.165, 1.54) is 12.1 Å². The standard InChI is InChI=1S/C19H29N3O4S/c1-15(2)20-27(24,25)18-7-3-5-16(13-18)19(23)22-10-8-21(9-11-22)14-17-6-4-12-26-17/h3,5,7,13,15,17,20H,4,6,8-12,14H2,1-2H3/t17-/m1/s1. The fourth-order valence-electron chi connectivity index (χ4n) is 3.57. The van der Waals surface area contributed by atoms with Gasteiger partial charge in [-0.2, -0.15) is 0 Å². The summed E-state index contributed by atoms with van der Waals surface area (Å²) in [4.78, 5) is 17.1. The Labute approximate surface area is 161 Å².